The minimum atomic E-state index is -1.10. The number of carbonyl (C=O) groups is 2. The number of nitrogens with zero attached hydrogens (tertiary/aromatic N) is 2. The van der Waals surface area contributed by atoms with Crippen LogP contribution in [0.3, 0.4) is 0 Å². The average molecular weight is 507 g/mol. The van der Waals surface area contributed by atoms with Crippen molar-refractivity contribution in [2.24, 2.45) is 5.41 Å². The van der Waals surface area contributed by atoms with E-state index in [1.165, 1.54) is 18.2 Å². The van der Waals surface area contributed by atoms with Crippen molar-refractivity contribution < 1.29 is 28.6 Å². The van der Waals surface area contributed by atoms with E-state index in [-0.39, 0.29) is 42.8 Å². The van der Waals surface area contributed by atoms with Gasteiger partial charge in [-0.25, -0.2) is 4.39 Å². The first-order valence-electron chi connectivity index (χ1n) is 11.5. The van der Waals surface area contributed by atoms with Gasteiger partial charge in [0.15, 0.2) is 18.1 Å². The van der Waals surface area contributed by atoms with E-state index in [9.17, 15) is 19.1 Å². The van der Waals surface area contributed by atoms with E-state index in [2.05, 4.69) is 11.8 Å². The van der Waals surface area contributed by atoms with Gasteiger partial charge in [-0.05, 0) is 57.5 Å². The lowest BCUT2D eigenvalue weighted by Crippen LogP contribution is -2.58. The summed E-state index contributed by atoms with van der Waals surface area (Å²) >= 11 is 6.08. The third kappa shape index (κ3) is 7.08. The van der Waals surface area contributed by atoms with E-state index in [0.29, 0.717) is 30.4 Å². The van der Waals surface area contributed by atoms with Crippen molar-refractivity contribution in [2.45, 2.75) is 46.3 Å². The van der Waals surface area contributed by atoms with Crippen molar-refractivity contribution in [1.82, 2.24) is 9.80 Å². The molecule has 0 aliphatic carbocycles. The van der Waals surface area contributed by atoms with Gasteiger partial charge in [0.05, 0.1) is 5.41 Å². The molecule has 0 radical (unpaired) electrons. The van der Waals surface area contributed by atoms with Gasteiger partial charge in [-0.15, -0.1) is 0 Å². The molecular formula is C26H32ClFN2O5. The highest BCUT2D eigenvalue weighted by atomic mass is 35.5. The zero-order valence-corrected chi connectivity index (χ0v) is 21.2. The smallest absolute Gasteiger partial charge is 0.312 e. The molecule has 35 heavy (non-hydrogen) atoms. The molecular weight excluding hydrogens is 475 g/mol. The summed E-state index contributed by atoms with van der Waals surface area (Å²) in [7, 11) is 0. The molecule has 3 rings (SSSR count). The van der Waals surface area contributed by atoms with Gasteiger partial charge in [-0.3, -0.25) is 14.5 Å². The summed E-state index contributed by atoms with van der Waals surface area (Å²) in [6.07, 6.45) is 0. The first-order valence-corrected chi connectivity index (χ1v) is 11.9. The minimum absolute atomic E-state index is 0.0277. The molecule has 1 aliphatic rings. The molecule has 1 aliphatic heterocycles. The van der Waals surface area contributed by atoms with Gasteiger partial charge < -0.3 is 19.5 Å². The predicted octanol–water partition coefficient (Wildman–Crippen LogP) is 4.47. The summed E-state index contributed by atoms with van der Waals surface area (Å²) in [5, 5.41) is 9.72. The second kappa shape index (κ2) is 11.3. The number of amides is 1. The first-order chi connectivity index (χ1) is 16.5. The Balaban J connectivity index is 1.59. The Hall–Kier alpha value is -2.84. The third-order valence-corrected chi connectivity index (χ3v) is 6.39. The highest BCUT2D eigenvalue weighted by Crippen LogP contribution is 2.32. The Morgan fingerprint density at radius 2 is 1.74 bits per heavy atom. The highest BCUT2D eigenvalue weighted by Gasteiger charge is 2.32. The van der Waals surface area contributed by atoms with Crippen molar-refractivity contribution in [3.05, 3.63) is 58.9 Å². The molecule has 0 saturated carbocycles. The molecule has 1 amide bonds. The quantitative estimate of drug-likeness (QED) is 0.540. The molecule has 190 valence electrons. The molecule has 1 N–H and O–H groups in total. The maximum atomic E-state index is 13.2. The fourth-order valence-corrected chi connectivity index (χ4v) is 4.01. The van der Waals surface area contributed by atoms with Crippen LogP contribution in [0.15, 0.2) is 42.5 Å². The normalized spacial score (nSPS) is 18.9. The Labute approximate surface area is 210 Å². The number of carboxylic acids is 1. The number of carbonyl (C=O) groups excluding carboxylic acids is 1. The van der Waals surface area contributed by atoms with Crippen LogP contribution in [0.5, 0.6) is 11.5 Å². The molecule has 2 unspecified atom stereocenters. The Morgan fingerprint density at radius 3 is 2.40 bits per heavy atom. The van der Waals surface area contributed by atoms with Gasteiger partial charge in [0.25, 0.3) is 5.91 Å². The average Bonchev–Trinajstić information content (AvgIpc) is 2.80. The molecule has 0 aromatic heterocycles. The predicted molar refractivity (Wildman–Crippen MR) is 131 cm³/mol. The van der Waals surface area contributed by atoms with Gasteiger partial charge in [0, 0.05) is 42.8 Å². The van der Waals surface area contributed by atoms with E-state index < -0.39 is 11.4 Å². The van der Waals surface area contributed by atoms with Gasteiger partial charge in [0.2, 0.25) is 0 Å². The lowest BCUT2D eigenvalue weighted by atomic mass is 9.95. The Kier molecular flexibility index (Phi) is 8.61. The van der Waals surface area contributed by atoms with Gasteiger partial charge in [-0.2, -0.15) is 0 Å². The number of carboxylic acid groups (broad SMARTS) is 1. The minimum Gasteiger partial charge on any atom is -0.488 e. The molecule has 1 fully saturated rings. The lowest BCUT2D eigenvalue weighted by Gasteiger charge is -2.44. The molecule has 2 aromatic carbocycles. The largest absolute Gasteiger partial charge is 0.488 e. The molecule has 2 aromatic rings. The summed E-state index contributed by atoms with van der Waals surface area (Å²) in [5.41, 5.74) is -0.0796. The first kappa shape index (κ1) is 26.8. The Morgan fingerprint density at radius 1 is 1.06 bits per heavy atom. The van der Waals surface area contributed by atoms with Crippen LogP contribution in [0.2, 0.25) is 5.02 Å². The van der Waals surface area contributed by atoms with E-state index in [1.54, 1.807) is 43.0 Å². The number of rotatable bonds is 9. The molecule has 9 heteroatoms. The second-order valence-electron chi connectivity index (χ2n) is 9.66. The molecule has 1 heterocycles. The van der Waals surface area contributed by atoms with Gasteiger partial charge in [-0.1, -0.05) is 23.7 Å². The summed E-state index contributed by atoms with van der Waals surface area (Å²) in [5.74, 6) is -0.799. The SMILES string of the molecule is CC1CN(C(=O)COc2ccc(Cl)cc2OCC(C)(C)C(=O)O)C(C)CN1Cc1ccc(F)cc1. The Bertz CT molecular complexity index is 1050. The number of hydrogen-bond donors (Lipinski definition) is 1. The number of ether oxygens (including phenoxy) is 2. The van der Waals surface area contributed by atoms with Crippen molar-refractivity contribution in [3.8, 4) is 11.5 Å². The molecule has 1 saturated heterocycles. The van der Waals surface area contributed by atoms with Crippen LogP contribution in [0, 0.1) is 11.2 Å². The maximum Gasteiger partial charge on any atom is 0.312 e. The number of hydrogen-bond acceptors (Lipinski definition) is 5. The fourth-order valence-electron chi connectivity index (χ4n) is 3.85. The number of benzene rings is 2. The summed E-state index contributed by atoms with van der Waals surface area (Å²) in [4.78, 5) is 28.5. The van der Waals surface area contributed by atoms with Crippen LogP contribution in [0.1, 0.15) is 33.3 Å². The number of halogens is 2. The van der Waals surface area contributed by atoms with Crippen molar-refractivity contribution >= 4 is 23.5 Å². The van der Waals surface area contributed by atoms with Crippen LogP contribution < -0.4 is 9.47 Å². The van der Waals surface area contributed by atoms with E-state index in [1.807, 2.05) is 6.92 Å². The summed E-state index contributed by atoms with van der Waals surface area (Å²) in [6, 6.07) is 11.3. The van der Waals surface area contributed by atoms with Crippen molar-refractivity contribution in [1.29, 1.82) is 0 Å². The lowest BCUT2D eigenvalue weighted by molar-refractivity contribution is -0.148. The van der Waals surface area contributed by atoms with Crippen molar-refractivity contribution in [2.75, 3.05) is 26.3 Å². The van der Waals surface area contributed by atoms with Crippen LogP contribution in [-0.4, -0.2) is 65.2 Å². The van der Waals surface area contributed by atoms with Crippen LogP contribution in [0.4, 0.5) is 4.39 Å². The van der Waals surface area contributed by atoms with E-state index in [0.717, 1.165) is 5.56 Å². The molecule has 0 bridgehead atoms. The van der Waals surface area contributed by atoms with E-state index in [4.69, 9.17) is 21.1 Å². The van der Waals surface area contributed by atoms with Crippen molar-refractivity contribution in [3.63, 3.8) is 0 Å². The third-order valence-electron chi connectivity index (χ3n) is 6.16. The zero-order valence-electron chi connectivity index (χ0n) is 20.5. The van der Waals surface area contributed by atoms with E-state index >= 15 is 0 Å². The topological polar surface area (TPSA) is 79.3 Å². The summed E-state index contributed by atoms with van der Waals surface area (Å²) in [6.45, 7) is 8.81. The van der Waals surface area contributed by atoms with Crippen LogP contribution in [-0.2, 0) is 16.1 Å². The second-order valence-corrected chi connectivity index (χ2v) is 10.1. The van der Waals surface area contributed by atoms with Crippen LogP contribution >= 0.6 is 11.6 Å². The zero-order chi connectivity index (χ0) is 25.8. The molecule has 0 spiro atoms. The maximum absolute atomic E-state index is 13.2. The monoisotopic (exact) mass is 506 g/mol. The van der Waals surface area contributed by atoms with Gasteiger partial charge in [0.1, 0.15) is 12.4 Å². The molecule has 7 nitrogen and oxygen atoms in total. The van der Waals surface area contributed by atoms with Gasteiger partial charge >= 0.3 is 5.97 Å². The fraction of sp³-hybridized carbons (Fsp3) is 0.462. The molecule has 2 atom stereocenters. The van der Waals surface area contributed by atoms with Crippen LogP contribution in [0.25, 0.3) is 0 Å². The number of aliphatic carboxylic acids is 1. The summed E-state index contributed by atoms with van der Waals surface area (Å²) < 4.78 is 24.7. The number of piperazine rings is 1. The standard InChI is InChI=1S/C26H32ClFN2O5/c1-17-13-30(18(2)12-29(17)14-19-5-8-21(28)9-6-19)24(31)15-34-22-10-7-20(27)11-23(22)35-16-26(3,4)25(32)33/h5-11,17-18H,12-16H2,1-4H3,(H,32,33). The highest BCUT2D eigenvalue weighted by molar-refractivity contribution is 6.30.